The van der Waals surface area contributed by atoms with E-state index >= 15 is 0 Å². The van der Waals surface area contributed by atoms with Crippen LogP contribution in [-0.2, 0) is 4.79 Å². The first-order valence-electron chi connectivity index (χ1n) is 7.07. The molecule has 1 amide bonds. The Morgan fingerprint density at radius 2 is 2.05 bits per heavy atom. The van der Waals surface area contributed by atoms with Gasteiger partial charge in [0.05, 0.1) is 11.4 Å². The summed E-state index contributed by atoms with van der Waals surface area (Å²) in [5, 5.41) is 15.3. The predicted octanol–water partition coefficient (Wildman–Crippen LogP) is 2.29. The molecule has 0 aliphatic heterocycles. The Bertz CT molecular complexity index is 675. The fourth-order valence-electron chi connectivity index (χ4n) is 1.97. The summed E-state index contributed by atoms with van der Waals surface area (Å²) in [5.41, 5.74) is 2.99. The van der Waals surface area contributed by atoms with Crippen molar-refractivity contribution in [3.05, 3.63) is 29.3 Å². The van der Waals surface area contributed by atoms with Gasteiger partial charge in [-0.25, -0.2) is 0 Å². The third-order valence-corrected chi connectivity index (χ3v) is 4.01. The lowest BCUT2D eigenvalue weighted by atomic mass is 10.1. The van der Waals surface area contributed by atoms with Crippen molar-refractivity contribution in [1.29, 1.82) is 0 Å². The molecule has 0 aliphatic carbocycles. The van der Waals surface area contributed by atoms with Gasteiger partial charge in [-0.3, -0.25) is 4.79 Å². The molecular formula is C15H21N5OS. The lowest BCUT2D eigenvalue weighted by Crippen LogP contribution is -2.41. The maximum atomic E-state index is 11.9. The second-order valence-electron chi connectivity index (χ2n) is 6.18. The molecule has 1 heterocycles. The van der Waals surface area contributed by atoms with Crippen molar-refractivity contribution in [1.82, 2.24) is 25.5 Å². The van der Waals surface area contributed by atoms with Crippen molar-refractivity contribution >= 4 is 17.7 Å². The fourth-order valence-corrected chi connectivity index (χ4v) is 2.65. The Balaban J connectivity index is 2.14. The molecule has 1 aromatic heterocycles. The van der Waals surface area contributed by atoms with Crippen LogP contribution in [0.4, 0.5) is 0 Å². The standard InChI is InChI=1S/C15H21N5OS/c1-10-7-6-8-12(11(10)2)20-14(17-18-19-20)22-9-13(21)16-15(3,4)5/h6-8H,9H2,1-5H3,(H,16,21). The van der Waals surface area contributed by atoms with Crippen LogP contribution in [0.5, 0.6) is 0 Å². The molecule has 1 aromatic carbocycles. The van der Waals surface area contributed by atoms with E-state index in [1.165, 1.54) is 17.3 Å². The van der Waals surface area contributed by atoms with E-state index in [4.69, 9.17) is 0 Å². The molecule has 0 saturated carbocycles. The average Bonchev–Trinajstić information content (AvgIpc) is 2.86. The van der Waals surface area contributed by atoms with Gasteiger partial charge in [0, 0.05) is 5.54 Å². The Hall–Kier alpha value is -1.89. The fraction of sp³-hybridized carbons (Fsp3) is 0.467. The van der Waals surface area contributed by atoms with Gasteiger partial charge in [-0.2, -0.15) is 4.68 Å². The number of hydrogen-bond donors (Lipinski definition) is 1. The lowest BCUT2D eigenvalue weighted by Gasteiger charge is -2.20. The van der Waals surface area contributed by atoms with Crippen LogP contribution in [0.3, 0.4) is 0 Å². The van der Waals surface area contributed by atoms with Crippen molar-refractivity contribution in [2.45, 2.75) is 45.3 Å². The molecule has 0 bridgehead atoms. The molecule has 0 spiro atoms. The highest BCUT2D eigenvalue weighted by Gasteiger charge is 2.17. The molecule has 7 heteroatoms. The molecule has 1 N–H and O–H groups in total. The second-order valence-corrected chi connectivity index (χ2v) is 7.12. The van der Waals surface area contributed by atoms with E-state index in [2.05, 4.69) is 20.8 Å². The number of thioether (sulfide) groups is 1. The van der Waals surface area contributed by atoms with Gasteiger partial charge in [0.1, 0.15) is 0 Å². The van der Waals surface area contributed by atoms with Gasteiger partial charge in [0.25, 0.3) is 0 Å². The minimum atomic E-state index is -0.239. The number of aryl methyl sites for hydroxylation is 1. The third kappa shape index (κ3) is 4.07. The first kappa shape index (κ1) is 16.5. The van der Waals surface area contributed by atoms with Crippen molar-refractivity contribution in [2.75, 3.05) is 5.75 Å². The number of rotatable bonds is 4. The van der Waals surface area contributed by atoms with Gasteiger partial charge in [-0.1, -0.05) is 23.9 Å². The van der Waals surface area contributed by atoms with E-state index in [0.29, 0.717) is 5.16 Å². The number of aromatic nitrogens is 4. The average molecular weight is 319 g/mol. The zero-order valence-corrected chi connectivity index (χ0v) is 14.4. The molecule has 0 atom stereocenters. The van der Waals surface area contributed by atoms with Gasteiger partial charge in [0.2, 0.25) is 11.1 Å². The van der Waals surface area contributed by atoms with Gasteiger partial charge in [0.15, 0.2) is 0 Å². The Kier molecular flexibility index (Phi) is 4.85. The zero-order valence-electron chi connectivity index (χ0n) is 13.5. The summed E-state index contributed by atoms with van der Waals surface area (Å²) in [6.07, 6.45) is 0. The van der Waals surface area contributed by atoms with Crippen LogP contribution >= 0.6 is 11.8 Å². The molecule has 0 aliphatic rings. The van der Waals surface area contributed by atoms with E-state index in [9.17, 15) is 4.79 Å². The number of nitrogens with zero attached hydrogens (tertiary/aromatic N) is 4. The van der Waals surface area contributed by atoms with Crippen molar-refractivity contribution in [3.8, 4) is 5.69 Å². The summed E-state index contributed by atoms with van der Waals surface area (Å²) >= 11 is 1.33. The number of benzene rings is 1. The minimum Gasteiger partial charge on any atom is -0.351 e. The number of carbonyl (C=O) groups excluding carboxylic acids is 1. The van der Waals surface area contributed by atoms with Crippen LogP contribution in [0, 0.1) is 13.8 Å². The molecule has 0 saturated heterocycles. The number of amides is 1. The summed E-state index contributed by atoms with van der Waals surface area (Å²) < 4.78 is 1.68. The maximum Gasteiger partial charge on any atom is 0.230 e. The van der Waals surface area contributed by atoms with Crippen molar-refractivity contribution in [2.24, 2.45) is 0 Å². The topological polar surface area (TPSA) is 72.7 Å². The van der Waals surface area contributed by atoms with Crippen molar-refractivity contribution < 1.29 is 4.79 Å². The molecule has 22 heavy (non-hydrogen) atoms. The lowest BCUT2D eigenvalue weighted by molar-refractivity contribution is -0.119. The Labute approximate surface area is 134 Å². The molecule has 6 nitrogen and oxygen atoms in total. The molecule has 2 aromatic rings. The van der Waals surface area contributed by atoms with Gasteiger partial charge >= 0.3 is 0 Å². The molecule has 0 fully saturated rings. The first-order chi connectivity index (χ1) is 10.3. The monoisotopic (exact) mass is 319 g/mol. The maximum absolute atomic E-state index is 11.9. The summed E-state index contributed by atoms with van der Waals surface area (Å²) in [6.45, 7) is 9.95. The normalized spacial score (nSPS) is 11.5. The van der Waals surface area contributed by atoms with Gasteiger partial charge in [-0.05, 0) is 62.2 Å². The Morgan fingerprint density at radius 1 is 1.32 bits per heavy atom. The summed E-state index contributed by atoms with van der Waals surface area (Å²) in [6, 6.07) is 5.99. The highest BCUT2D eigenvalue weighted by Crippen LogP contribution is 2.22. The number of tetrazole rings is 1. The van der Waals surface area contributed by atoms with E-state index in [0.717, 1.165) is 11.3 Å². The van der Waals surface area contributed by atoms with Gasteiger partial charge < -0.3 is 5.32 Å². The van der Waals surface area contributed by atoms with Crippen LogP contribution < -0.4 is 5.32 Å². The SMILES string of the molecule is Cc1cccc(-n2nnnc2SCC(=O)NC(C)(C)C)c1C. The molecule has 0 radical (unpaired) electrons. The first-order valence-corrected chi connectivity index (χ1v) is 8.05. The van der Waals surface area contributed by atoms with Crippen LogP contribution in [0.1, 0.15) is 31.9 Å². The molecule has 118 valence electrons. The number of nitrogens with one attached hydrogen (secondary N) is 1. The Morgan fingerprint density at radius 3 is 2.73 bits per heavy atom. The third-order valence-electron chi connectivity index (χ3n) is 3.09. The van der Waals surface area contributed by atoms with E-state index in [-0.39, 0.29) is 17.2 Å². The summed E-state index contributed by atoms with van der Waals surface area (Å²) in [7, 11) is 0. The van der Waals surface area contributed by atoms with Crippen LogP contribution in [0.2, 0.25) is 0 Å². The smallest absolute Gasteiger partial charge is 0.230 e. The van der Waals surface area contributed by atoms with Crippen LogP contribution in [-0.4, -0.2) is 37.4 Å². The quantitative estimate of drug-likeness (QED) is 0.875. The van der Waals surface area contributed by atoms with Gasteiger partial charge in [-0.15, -0.1) is 5.10 Å². The molecule has 2 rings (SSSR count). The van der Waals surface area contributed by atoms with E-state index in [1.807, 2.05) is 52.8 Å². The van der Waals surface area contributed by atoms with Crippen LogP contribution in [0.15, 0.2) is 23.4 Å². The summed E-state index contributed by atoms with van der Waals surface area (Å²) in [5.74, 6) is 0.246. The number of carbonyl (C=O) groups is 1. The largest absolute Gasteiger partial charge is 0.351 e. The second kappa shape index (κ2) is 6.48. The highest BCUT2D eigenvalue weighted by molar-refractivity contribution is 7.99. The van der Waals surface area contributed by atoms with Crippen molar-refractivity contribution in [3.63, 3.8) is 0 Å². The molecular weight excluding hydrogens is 298 g/mol. The molecule has 0 unspecified atom stereocenters. The predicted molar refractivity (Wildman–Crippen MR) is 87.2 cm³/mol. The van der Waals surface area contributed by atoms with Crippen LogP contribution in [0.25, 0.3) is 5.69 Å². The minimum absolute atomic E-state index is 0.0342. The highest BCUT2D eigenvalue weighted by atomic mass is 32.2. The van der Waals surface area contributed by atoms with E-state index in [1.54, 1.807) is 4.68 Å². The number of hydrogen-bond acceptors (Lipinski definition) is 5. The zero-order chi connectivity index (χ0) is 16.3. The van der Waals surface area contributed by atoms with E-state index < -0.39 is 0 Å². The summed E-state index contributed by atoms with van der Waals surface area (Å²) in [4.78, 5) is 11.9.